The Kier molecular flexibility index (Phi) is 3.80. The molecule has 0 spiro atoms. The topological polar surface area (TPSA) is 65.2 Å². The van der Waals surface area contributed by atoms with Gasteiger partial charge in [-0.3, -0.25) is 0 Å². The van der Waals surface area contributed by atoms with Crippen molar-refractivity contribution in [3.05, 3.63) is 28.7 Å². The van der Waals surface area contributed by atoms with Gasteiger partial charge in [0.2, 0.25) is 5.76 Å². The lowest BCUT2D eigenvalue weighted by atomic mass is 10.3. The molecule has 0 bridgehead atoms. The predicted octanol–water partition coefficient (Wildman–Crippen LogP) is 2.52. The van der Waals surface area contributed by atoms with E-state index in [9.17, 15) is 4.79 Å². The Morgan fingerprint density at radius 3 is 3.12 bits per heavy atom. The Bertz CT molecular complexity index is 508. The number of thioether (sulfide) groups is 1. The van der Waals surface area contributed by atoms with Crippen molar-refractivity contribution in [3.8, 4) is 0 Å². The van der Waals surface area contributed by atoms with E-state index >= 15 is 0 Å². The largest absolute Gasteiger partial charge is 0.463 e. The number of hydrogen-bond acceptors (Lipinski definition) is 7. The molecule has 2 heterocycles. The van der Waals surface area contributed by atoms with Gasteiger partial charge in [-0.1, -0.05) is 23.1 Å². The van der Waals surface area contributed by atoms with Crippen molar-refractivity contribution in [2.24, 2.45) is 0 Å². The third-order valence-corrected chi connectivity index (χ3v) is 3.90. The third kappa shape index (κ3) is 2.86. The van der Waals surface area contributed by atoms with Crippen LogP contribution in [0.5, 0.6) is 0 Å². The van der Waals surface area contributed by atoms with Gasteiger partial charge in [-0.15, -0.1) is 10.2 Å². The summed E-state index contributed by atoms with van der Waals surface area (Å²) in [6, 6.07) is 1.83. The van der Waals surface area contributed by atoms with Crippen molar-refractivity contribution in [1.29, 1.82) is 0 Å². The average molecular weight is 270 g/mol. The van der Waals surface area contributed by atoms with Gasteiger partial charge in [-0.2, -0.15) is 0 Å². The smallest absolute Gasteiger partial charge is 0.374 e. The summed E-state index contributed by atoms with van der Waals surface area (Å²) in [5.74, 6) is 1.16. The Balaban J connectivity index is 2.05. The van der Waals surface area contributed by atoms with Crippen LogP contribution >= 0.6 is 23.1 Å². The Morgan fingerprint density at radius 2 is 2.47 bits per heavy atom. The zero-order chi connectivity index (χ0) is 12.3. The maximum atomic E-state index is 11.3. The van der Waals surface area contributed by atoms with Crippen LogP contribution < -0.4 is 0 Å². The molecular formula is C10H10N2O3S2. The number of hydrogen-bond donors (Lipinski definition) is 0. The van der Waals surface area contributed by atoms with Gasteiger partial charge in [0, 0.05) is 5.56 Å². The van der Waals surface area contributed by atoms with E-state index < -0.39 is 5.97 Å². The van der Waals surface area contributed by atoms with Gasteiger partial charge in [0.15, 0.2) is 4.34 Å². The molecule has 0 unspecified atom stereocenters. The van der Waals surface area contributed by atoms with E-state index in [1.165, 1.54) is 30.2 Å². The number of furan rings is 1. The van der Waals surface area contributed by atoms with E-state index in [0.29, 0.717) is 5.75 Å². The molecule has 17 heavy (non-hydrogen) atoms. The summed E-state index contributed by atoms with van der Waals surface area (Å²) in [6.07, 6.45) is 0. The van der Waals surface area contributed by atoms with Crippen LogP contribution in [0, 0.1) is 6.92 Å². The summed E-state index contributed by atoms with van der Waals surface area (Å²) in [4.78, 5) is 11.3. The SMILES string of the molecule is COC(=O)c1oc(CSc2nncs2)cc1C. The molecule has 0 N–H and O–H groups in total. The van der Waals surface area contributed by atoms with Crippen molar-refractivity contribution >= 4 is 29.1 Å². The maximum absolute atomic E-state index is 11.3. The van der Waals surface area contributed by atoms with Gasteiger partial charge in [-0.25, -0.2) is 4.79 Å². The second kappa shape index (κ2) is 5.33. The number of carbonyl (C=O) groups excluding carboxylic acids is 1. The summed E-state index contributed by atoms with van der Waals surface area (Å²) >= 11 is 2.99. The second-order valence-corrected chi connectivity index (χ2v) is 5.27. The molecule has 0 atom stereocenters. The molecule has 2 aromatic rings. The van der Waals surface area contributed by atoms with Crippen LogP contribution in [0.15, 0.2) is 20.3 Å². The fourth-order valence-corrected chi connectivity index (χ4v) is 2.64. The fraction of sp³-hybridized carbons (Fsp3) is 0.300. The lowest BCUT2D eigenvalue weighted by molar-refractivity contribution is 0.0562. The second-order valence-electron chi connectivity index (χ2n) is 3.21. The molecule has 0 saturated carbocycles. The van der Waals surface area contributed by atoms with Crippen molar-refractivity contribution in [1.82, 2.24) is 10.2 Å². The van der Waals surface area contributed by atoms with Crippen LogP contribution in [-0.4, -0.2) is 23.3 Å². The third-order valence-electron chi connectivity index (χ3n) is 2.02. The molecule has 0 radical (unpaired) electrons. The van der Waals surface area contributed by atoms with Gasteiger partial charge in [0.05, 0.1) is 12.9 Å². The molecule has 2 aromatic heterocycles. The first-order valence-corrected chi connectivity index (χ1v) is 6.64. The number of esters is 1. The minimum absolute atomic E-state index is 0.264. The van der Waals surface area contributed by atoms with Gasteiger partial charge in [0.1, 0.15) is 11.3 Å². The average Bonchev–Trinajstić information content (AvgIpc) is 2.94. The van der Waals surface area contributed by atoms with Crippen LogP contribution in [0.4, 0.5) is 0 Å². The van der Waals surface area contributed by atoms with E-state index in [2.05, 4.69) is 14.9 Å². The molecule has 2 rings (SSSR count). The number of ether oxygens (including phenoxy) is 1. The first-order chi connectivity index (χ1) is 8.20. The van der Waals surface area contributed by atoms with Gasteiger partial charge in [-0.05, 0) is 13.0 Å². The molecule has 5 nitrogen and oxygen atoms in total. The molecular weight excluding hydrogens is 260 g/mol. The standard InChI is InChI=1S/C10H10N2O3S2/c1-6-3-7(15-8(6)9(13)14-2)4-16-10-12-11-5-17-10/h3,5H,4H2,1-2H3. The van der Waals surface area contributed by atoms with Gasteiger partial charge >= 0.3 is 5.97 Å². The number of aryl methyl sites for hydroxylation is 1. The predicted molar refractivity (Wildman–Crippen MR) is 64.3 cm³/mol. The van der Waals surface area contributed by atoms with Crippen molar-refractivity contribution < 1.29 is 13.9 Å². The number of carbonyl (C=O) groups is 1. The molecule has 0 aliphatic carbocycles. The molecule has 0 amide bonds. The molecule has 7 heteroatoms. The molecule has 0 fully saturated rings. The van der Waals surface area contributed by atoms with Crippen molar-refractivity contribution in [2.75, 3.05) is 7.11 Å². The van der Waals surface area contributed by atoms with E-state index in [-0.39, 0.29) is 5.76 Å². The Labute approximate surface area is 106 Å². The van der Waals surface area contributed by atoms with Crippen LogP contribution in [0.2, 0.25) is 0 Å². The lowest BCUT2D eigenvalue weighted by Gasteiger charge is -1.95. The quantitative estimate of drug-likeness (QED) is 0.628. The Hall–Kier alpha value is -1.34. The van der Waals surface area contributed by atoms with Gasteiger partial charge < -0.3 is 9.15 Å². The van der Waals surface area contributed by atoms with E-state index in [4.69, 9.17) is 4.42 Å². The van der Waals surface area contributed by atoms with Crippen LogP contribution in [0.3, 0.4) is 0 Å². The fourth-order valence-electron chi connectivity index (χ4n) is 1.27. The zero-order valence-electron chi connectivity index (χ0n) is 9.30. The summed E-state index contributed by atoms with van der Waals surface area (Å²) < 4.78 is 10.9. The monoisotopic (exact) mass is 270 g/mol. The summed E-state index contributed by atoms with van der Waals surface area (Å²) in [5, 5.41) is 7.65. The number of aromatic nitrogens is 2. The van der Waals surface area contributed by atoms with E-state index in [1.54, 1.807) is 5.51 Å². The first-order valence-electron chi connectivity index (χ1n) is 4.77. The maximum Gasteiger partial charge on any atom is 0.374 e. The molecule has 90 valence electrons. The normalized spacial score (nSPS) is 10.5. The molecule has 0 aliphatic heterocycles. The van der Waals surface area contributed by atoms with Crippen molar-refractivity contribution in [3.63, 3.8) is 0 Å². The molecule has 0 aliphatic rings. The highest BCUT2D eigenvalue weighted by molar-refractivity contribution is 8.00. The number of nitrogens with zero attached hydrogens (tertiary/aromatic N) is 2. The highest BCUT2D eigenvalue weighted by atomic mass is 32.2. The van der Waals surface area contributed by atoms with Crippen LogP contribution in [0.1, 0.15) is 21.9 Å². The molecule has 0 saturated heterocycles. The first kappa shape index (κ1) is 12.1. The summed E-state index contributed by atoms with van der Waals surface area (Å²) in [6.45, 7) is 1.81. The van der Waals surface area contributed by atoms with Crippen molar-refractivity contribution in [2.45, 2.75) is 17.0 Å². The van der Waals surface area contributed by atoms with E-state index in [0.717, 1.165) is 15.7 Å². The van der Waals surface area contributed by atoms with E-state index in [1.807, 2.05) is 13.0 Å². The summed E-state index contributed by atoms with van der Waals surface area (Å²) in [7, 11) is 1.33. The number of methoxy groups -OCH3 is 1. The summed E-state index contributed by atoms with van der Waals surface area (Å²) in [5.41, 5.74) is 2.46. The molecule has 0 aromatic carbocycles. The highest BCUT2D eigenvalue weighted by Crippen LogP contribution is 2.26. The zero-order valence-corrected chi connectivity index (χ0v) is 10.9. The van der Waals surface area contributed by atoms with Crippen LogP contribution in [0.25, 0.3) is 0 Å². The minimum atomic E-state index is -0.449. The lowest BCUT2D eigenvalue weighted by Crippen LogP contribution is -2.00. The minimum Gasteiger partial charge on any atom is -0.463 e. The van der Waals surface area contributed by atoms with Gasteiger partial charge in [0.25, 0.3) is 0 Å². The Morgan fingerprint density at radius 1 is 1.65 bits per heavy atom. The number of rotatable bonds is 4. The highest BCUT2D eigenvalue weighted by Gasteiger charge is 2.16. The van der Waals surface area contributed by atoms with Crippen LogP contribution in [-0.2, 0) is 10.5 Å².